The summed E-state index contributed by atoms with van der Waals surface area (Å²) in [5.74, 6) is -0.279. The lowest BCUT2D eigenvalue weighted by Crippen LogP contribution is -2.56. The van der Waals surface area contributed by atoms with Crippen LogP contribution in [0.3, 0.4) is 0 Å². The first-order chi connectivity index (χ1) is 19.1. The predicted octanol–water partition coefficient (Wildman–Crippen LogP) is 2.37. The van der Waals surface area contributed by atoms with E-state index in [1.807, 2.05) is 16.7 Å². The SMILES string of the molecule is CCC(=O)N1CCN(CC2CCCN2C(=O)CN2CCCC(NS(=O)(=O)c3cc4cc(Cl)ccc4s3)C2=O)CC1. The van der Waals surface area contributed by atoms with Crippen LogP contribution in [0.4, 0.5) is 0 Å². The van der Waals surface area contributed by atoms with E-state index in [9.17, 15) is 22.8 Å². The molecule has 1 N–H and O–H groups in total. The molecule has 0 saturated carbocycles. The Morgan fingerprint density at radius 1 is 1.02 bits per heavy atom. The van der Waals surface area contributed by atoms with Crippen LogP contribution in [0, 0.1) is 0 Å². The quantitative estimate of drug-likeness (QED) is 0.492. The fraction of sp³-hybridized carbons (Fsp3) is 0.593. The third-order valence-corrected chi connectivity index (χ3v) is 11.4. The minimum atomic E-state index is -3.92. The van der Waals surface area contributed by atoms with Crippen molar-refractivity contribution in [3.8, 4) is 0 Å². The van der Waals surface area contributed by atoms with Crippen molar-refractivity contribution >= 4 is 60.8 Å². The molecule has 10 nitrogen and oxygen atoms in total. The van der Waals surface area contributed by atoms with Crippen LogP contribution in [0.25, 0.3) is 10.1 Å². The van der Waals surface area contributed by atoms with Crippen LogP contribution < -0.4 is 4.72 Å². The first-order valence-electron chi connectivity index (χ1n) is 13.9. The Balaban J connectivity index is 1.17. The van der Waals surface area contributed by atoms with E-state index in [1.54, 1.807) is 24.3 Å². The van der Waals surface area contributed by atoms with Gasteiger partial charge in [-0.05, 0) is 55.3 Å². The number of sulfonamides is 1. The molecule has 2 aromatic rings. The van der Waals surface area contributed by atoms with Gasteiger partial charge in [0.05, 0.1) is 6.54 Å². The molecule has 1 aromatic heterocycles. The second-order valence-corrected chi connectivity index (χ2v) is 14.2. The number of carbonyl (C=O) groups is 3. The lowest BCUT2D eigenvalue weighted by atomic mass is 10.1. The molecule has 3 saturated heterocycles. The first-order valence-corrected chi connectivity index (χ1v) is 16.6. The van der Waals surface area contributed by atoms with Crippen LogP contribution in [-0.2, 0) is 24.4 Å². The number of amides is 3. The average Bonchev–Trinajstić information content (AvgIpc) is 3.58. The number of carbonyl (C=O) groups excluding carboxylic acids is 3. The van der Waals surface area contributed by atoms with Gasteiger partial charge < -0.3 is 14.7 Å². The Morgan fingerprint density at radius 3 is 2.52 bits per heavy atom. The fourth-order valence-corrected chi connectivity index (χ4v) is 8.68. The molecule has 0 bridgehead atoms. The maximum atomic E-state index is 13.3. The molecule has 1 aromatic carbocycles. The van der Waals surface area contributed by atoms with Crippen molar-refractivity contribution in [3.63, 3.8) is 0 Å². The van der Waals surface area contributed by atoms with Gasteiger partial charge in [-0.1, -0.05) is 18.5 Å². The third kappa shape index (κ3) is 6.46. The molecule has 0 radical (unpaired) electrons. The van der Waals surface area contributed by atoms with Gasteiger partial charge in [-0.3, -0.25) is 19.3 Å². The number of fused-ring (bicyclic) bond motifs is 1. The molecule has 3 aliphatic rings. The van der Waals surface area contributed by atoms with Crippen LogP contribution in [-0.4, -0.2) is 110 Å². The summed E-state index contributed by atoms with van der Waals surface area (Å²) in [4.78, 5) is 46.2. The predicted molar refractivity (Wildman–Crippen MR) is 155 cm³/mol. The topological polar surface area (TPSA) is 110 Å². The zero-order chi connectivity index (χ0) is 28.4. The largest absolute Gasteiger partial charge is 0.340 e. The van der Waals surface area contributed by atoms with Crippen molar-refractivity contribution in [1.29, 1.82) is 0 Å². The normalized spacial score (nSPS) is 22.9. The number of nitrogens with zero attached hydrogens (tertiary/aromatic N) is 4. The molecule has 0 spiro atoms. The number of rotatable bonds is 8. The smallest absolute Gasteiger partial charge is 0.250 e. The maximum Gasteiger partial charge on any atom is 0.250 e. The Bertz CT molecular complexity index is 1370. The fourth-order valence-electron chi connectivity index (χ4n) is 5.88. The number of thiophene rings is 1. The van der Waals surface area contributed by atoms with E-state index in [4.69, 9.17) is 11.6 Å². The van der Waals surface area contributed by atoms with Crippen molar-refractivity contribution in [2.24, 2.45) is 0 Å². The molecular formula is C27H36ClN5O5S2. The summed E-state index contributed by atoms with van der Waals surface area (Å²) in [5, 5.41) is 1.26. The molecule has 218 valence electrons. The lowest BCUT2D eigenvalue weighted by Gasteiger charge is -2.38. The summed E-state index contributed by atoms with van der Waals surface area (Å²) in [6, 6.07) is 5.94. The average molecular weight is 610 g/mol. The summed E-state index contributed by atoms with van der Waals surface area (Å²) >= 11 is 7.17. The highest BCUT2D eigenvalue weighted by atomic mass is 35.5. The van der Waals surface area contributed by atoms with Gasteiger partial charge in [0.25, 0.3) is 10.0 Å². The highest BCUT2D eigenvalue weighted by Crippen LogP contribution is 2.31. The zero-order valence-electron chi connectivity index (χ0n) is 22.7. The highest BCUT2D eigenvalue weighted by molar-refractivity contribution is 7.91. The summed E-state index contributed by atoms with van der Waals surface area (Å²) in [7, 11) is -3.92. The third-order valence-electron chi connectivity index (χ3n) is 8.07. The van der Waals surface area contributed by atoms with Crippen molar-refractivity contribution in [2.45, 2.75) is 55.3 Å². The molecule has 40 heavy (non-hydrogen) atoms. The Hall–Kier alpha value is -2.25. The molecule has 4 heterocycles. The van der Waals surface area contributed by atoms with Crippen molar-refractivity contribution in [1.82, 2.24) is 24.3 Å². The molecule has 3 fully saturated rings. The number of likely N-dealkylation sites (tertiary alicyclic amines) is 2. The van der Waals surface area contributed by atoms with Crippen molar-refractivity contribution < 1.29 is 22.8 Å². The standard InChI is InChI=1S/C27H36ClN5O5S2/c1-2-24(34)31-13-11-30(12-14-31)17-21-5-3-10-33(21)25(35)18-32-9-4-6-22(27(32)36)29-40(37,38)26-16-19-15-20(28)7-8-23(19)39-26/h7-8,15-16,21-22,29H,2-6,9-14,17-18H2,1H3. The van der Waals surface area contributed by atoms with Gasteiger partial charge in [0.1, 0.15) is 10.3 Å². The van der Waals surface area contributed by atoms with Crippen LogP contribution in [0.1, 0.15) is 39.0 Å². The first kappa shape index (κ1) is 29.2. The van der Waals surface area contributed by atoms with E-state index >= 15 is 0 Å². The van der Waals surface area contributed by atoms with Gasteiger partial charge in [0.2, 0.25) is 17.7 Å². The van der Waals surface area contributed by atoms with E-state index in [0.29, 0.717) is 50.5 Å². The molecule has 3 amide bonds. The number of hydrogen-bond acceptors (Lipinski definition) is 7. The van der Waals surface area contributed by atoms with Crippen LogP contribution in [0.5, 0.6) is 0 Å². The molecule has 0 aliphatic carbocycles. The van der Waals surface area contributed by atoms with Crippen LogP contribution in [0.2, 0.25) is 5.02 Å². The van der Waals surface area contributed by atoms with Crippen molar-refractivity contribution in [3.05, 3.63) is 29.3 Å². The summed E-state index contributed by atoms with van der Waals surface area (Å²) in [6.07, 6.45) is 3.34. The minimum Gasteiger partial charge on any atom is -0.340 e. The molecule has 2 atom stereocenters. The van der Waals surface area contributed by atoms with Crippen LogP contribution >= 0.6 is 22.9 Å². The van der Waals surface area contributed by atoms with E-state index in [2.05, 4.69) is 9.62 Å². The lowest BCUT2D eigenvalue weighted by molar-refractivity contribution is -0.143. The molecular weight excluding hydrogens is 574 g/mol. The van der Waals surface area contributed by atoms with E-state index < -0.39 is 16.1 Å². The van der Waals surface area contributed by atoms with Crippen LogP contribution in [0.15, 0.2) is 28.5 Å². The van der Waals surface area contributed by atoms with Gasteiger partial charge >= 0.3 is 0 Å². The molecule has 13 heteroatoms. The second-order valence-electron chi connectivity index (χ2n) is 10.7. The summed E-state index contributed by atoms with van der Waals surface area (Å²) in [5.41, 5.74) is 0. The minimum absolute atomic E-state index is 0.0479. The molecule has 3 aliphatic heterocycles. The number of nitrogens with one attached hydrogen (secondary N) is 1. The molecule has 5 rings (SSSR count). The van der Waals surface area contributed by atoms with Gasteiger partial charge in [0, 0.05) is 68.0 Å². The zero-order valence-corrected chi connectivity index (χ0v) is 25.1. The number of halogens is 1. The summed E-state index contributed by atoms with van der Waals surface area (Å²) < 4.78 is 29.8. The van der Waals surface area contributed by atoms with E-state index in [1.165, 1.54) is 4.90 Å². The Kier molecular flexibility index (Phi) is 9.01. The van der Waals surface area contributed by atoms with Gasteiger partial charge in [-0.15, -0.1) is 11.3 Å². The number of piperazine rings is 1. The maximum absolute atomic E-state index is 13.3. The Morgan fingerprint density at radius 2 is 1.77 bits per heavy atom. The van der Waals surface area contributed by atoms with Gasteiger partial charge in [-0.2, -0.15) is 4.72 Å². The highest BCUT2D eigenvalue weighted by Gasteiger charge is 2.37. The van der Waals surface area contributed by atoms with Gasteiger partial charge in [0.15, 0.2) is 0 Å². The van der Waals surface area contributed by atoms with Gasteiger partial charge in [-0.25, -0.2) is 8.42 Å². The number of benzene rings is 1. The number of hydrogen-bond donors (Lipinski definition) is 1. The van der Waals surface area contributed by atoms with E-state index in [0.717, 1.165) is 53.9 Å². The monoisotopic (exact) mass is 609 g/mol. The Labute approximate surface area is 244 Å². The second kappa shape index (κ2) is 12.3. The van der Waals surface area contributed by atoms with E-state index in [-0.39, 0.29) is 34.5 Å². The summed E-state index contributed by atoms with van der Waals surface area (Å²) in [6.45, 7) is 6.69. The number of piperidine rings is 1. The van der Waals surface area contributed by atoms with Crippen molar-refractivity contribution in [2.75, 3.05) is 52.4 Å². The molecule has 2 unspecified atom stereocenters.